The standard InChI is InChI=1S/C16H19NO2S2/c1-2-21(18,19)16-10-8-14(9-11-16)17-12-13-20-15-6-4-3-5-7-15/h3-11,17H,2,12-13H2,1H3. The smallest absolute Gasteiger partial charge is 0.178 e. The molecule has 0 aliphatic carbocycles. The van der Waals surface area contributed by atoms with Gasteiger partial charge < -0.3 is 5.32 Å². The van der Waals surface area contributed by atoms with E-state index in [0.29, 0.717) is 4.90 Å². The van der Waals surface area contributed by atoms with Crippen molar-refractivity contribution in [1.29, 1.82) is 0 Å². The molecule has 0 fully saturated rings. The van der Waals surface area contributed by atoms with Crippen molar-refractivity contribution in [3.63, 3.8) is 0 Å². The van der Waals surface area contributed by atoms with Crippen molar-refractivity contribution in [3.05, 3.63) is 54.6 Å². The zero-order chi connectivity index (χ0) is 15.1. The number of anilines is 1. The lowest BCUT2D eigenvalue weighted by molar-refractivity contribution is 0.597. The molecular formula is C16H19NO2S2. The molecule has 0 bridgehead atoms. The molecule has 5 heteroatoms. The molecule has 21 heavy (non-hydrogen) atoms. The molecule has 0 aromatic heterocycles. The van der Waals surface area contributed by atoms with Gasteiger partial charge in [-0.1, -0.05) is 25.1 Å². The van der Waals surface area contributed by atoms with E-state index < -0.39 is 9.84 Å². The van der Waals surface area contributed by atoms with Crippen LogP contribution >= 0.6 is 11.8 Å². The van der Waals surface area contributed by atoms with Gasteiger partial charge in [0, 0.05) is 22.9 Å². The van der Waals surface area contributed by atoms with Gasteiger partial charge in [0.2, 0.25) is 0 Å². The summed E-state index contributed by atoms with van der Waals surface area (Å²) >= 11 is 1.79. The Kier molecular flexibility index (Phi) is 5.70. The van der Waals surface area contributed by atoms with Crippen LogP contribution in [0.3, 0.4) is 0 Å². The summed E-state index contributed by atoms with van der Waals surface area (Å²) < 4.78 is 23.4. The Hall–Kier alpha value is -1.46. The van der Waals surface area contributed by atoms with Gasteiger partial charge in [-0.2, -0.15) is 0 Å². The highest BCUT2D eigenvalue weighted by molar-refractivity contribution is 7.99. The van der Waals surface area contributed by atoms with Crippen LogP contribution in [0.4, 0.5) is 5.69 Å². The van der Waals surface area contributed by atoms with Crippen LogP contribution in [0.25, 0.3) is 0 Å². The predicted octanol–water partition coefficient (Wildman–Crippen LogP) is 3.68. The SMILES string of the molecule is CCS(=O)(=O)c1ccc(NCCSc2ccccc2)cc1. The van der Waals surface area contributed by atoms with E-state index in [1.807, 2.05) is 30.3 Å². The highest BCUT2D eigenvalue weighted by Crippen LogP contribution is 2.18. The third-order valence-electron chi connectivity index (χ3n) is 3.04. The molecule has 0 saturated heterocycles. The maximum Gasteiger partial charge on any atom is 0.178 e. The molecule has 0 radical (unpaired) electrons. The average Bonchev–Trinajstić information content (AvgIpc) is 2.53. The Morgan fingerprint density at radius 1 is 1.00 bits per heavy atom. The minimum absolute atomic E-state index is 0.132. The largest absolute Gasteiger partial charge is 0.384 e. The van der Waals surface area contributed by atoms with E-state index in [0.717, 1.165) is 18.0 Å². The van der Waals surface area contributed by atoms with Crippen molar-refractivity contribution in [3.8, 4) is 0 Å². The molecular weight excluding hydrogens is 302 g/mol. The molecule has 2 rings (SSSR count). The highest BCUT2D eigenvalue weighted by atomic mass is 32.2. The maximum atomic E-state index is 11.7. The van der Waals surface area contributed by atoms with Gasteiger partial charge in [0.25, 0.3) is 0 Å². The van der Waals surface area contributed by atoms with E-state index in [9.17, 15) is 8.42 Å². The average molecular weight is 321 g/mol. The lowest BCUT2D eigenvalue weighted by Crippen LogP contribution is -2.06. The first-order valence-electron chi connectivity index (χ1n) is 6.86. The van der Waals surface area contributed by atoms with Crippen molar-refractivity contribution < 1.29 is 8.42 Å². The van der Waals surface area contributed by atoms with E-state index in [2.05, 4.69) is 17.4 Å². The van der Waals surface area contributed by atoms with Gasteiger partial charge >= 0.3 is 0 Å². The van der Waals surface area contributed by atoms with Crippen LogP contribution in [0, 0.1) is 0 Å². The number of sulfone groups is 1. The number of rotatable bonds is 7. The zero-order valence-electron chi connectivity index (χ0n) is 12.0. The molecule has 2 aromatic carbocycles. The summed E-state index contributed by atoms with van der Waals surface area (Å²) in [6.45, 7) is 2.49. The molecule has 1 N–H and O–H groups in total. The molecule has 0 aliphatic heterocycles. The van der Waals surface area contributed by atoms with E-state index >= 15 is 0 Å². The van der Waals surface area contributed by atoms with E-state index in [4.69, 9.17) is 0 Å². The molecule has 0 spiro atoms. The second-order valence-corrected chi connectivity index (χ2v) is 7.96. The highest BCUT2D eigenvalue weighted by Gasteiger charge is 2.10. The topological polar surface area (TPSA) is 46.2 Å². The molecule has 0 saturated carbocycles. The van der Waals surface area contributed by atoms with Gasteiger partial charge in [-0.05, 0) is 36.4 Å². The first-order chi connectivity index (χ1) is 10.1. The van der Waals surface area contributed by atoms with E-state index in [1.165, 1.54) is 4.90 Å². The van der Waals surface area contributed by atoms with Crippen LogP contribution in [0.5, 0.6) is 0 Å². The third kappa shape index (κ3) is 4.79. The van der Waals surface area contributed by atoms with E-state index in [1.54, 1.807) is 30.8 Å². The molecule has 3 nitrogen and oxygen atoms in total. The summed E-state index contributed by atoms with van der Waals surface area (Å²) in [5.41, 5.74) is 0.943. The first-order valence-corrected chi connectivity index (χ1v) is 9.50. The van der Waals surface area contributed by atoms with Crippen molar-refractivity contribution >= 4 is 27.3 Å². The molecule has 2 aromatic rings. The van der Waals surface area contributed by atoms with Crippen LogP contribution in [0.2, 0.25) is 0 Å². The molecule has 0 amide bonds. The lowest BCUT2D eigenvalue weighted by atomic mass is 10.3. The predicted molar refractivity (Wildman–Crippen MR) is 89.8 cm³/mol. The minimum Gasteiger partial charge on any atom is -0.384 e. The van der Waals surface area contributed by atoms with Crippen LogP contribution in [-0.2, 0) is 9.84 Å². The first kappa shape index (κ1) is 15.9. The Labute approximate surface area is 130 Å². The van der Waals surface area contributed by atoms with Crippen molar-refractivity contribution in [2.75, 3.05) is 23.4 Å². The lowest BCUT2D eigenvalue weighted by Gasteiger charge is -2.07. The Morgan fingerprint density at radius 3 is 2.29 bits per heavy atom. The summed E-state index contributed by atoms with van der Waals surface area (Å²) in [5.74, 6) is 1.09. The monoisotopic (exact) mass is 321 g/mol. The van der Waals surface area contributed by atoms with Gasteiger partial charge in [-0.15, -0.1) is 11.8 Å². The second-order valence-electron chi connectivity index (χ2n) is 4.52. The quantitative estimate of drug-likeness (QED) is 0.624. The number of nitrogens with one attached hydrogen (secondary N) is 1. The van der Waals surface area contributed by atoms with Gasteiger partial charge in [0.1, 0.15) is 0 Å². The Balaban J connectivity index is 1.82. The second kappa shape index (κ2) is 7.52. The van der Waals surface area contributed by atoms with Crippen molar-refractivity contribution in [2.45, 2.75) is 16.7 Å². The zero-order valence-corrected chi connectivity index (χ0v) is 13.6. The number of hydrogen-bond acceptors (Lipinski definition) is 4. The molecule has 0 heterocycles. The summed E-state index contributed by atoms with van der Waals surface area (Å²) in [7, 11) is -3.11. The maximum absolute atomic E-state index is 11.7. The normalized spacial score (nSPS) is 11.3. The Morgan fingerprint density at radius 2 is 1.67 bits per heavy atom. The van der Waals surface area contributed by atoms with Crippen LogP contribution in [0.1, 0.15) is 6.92 Å². The number of benzene rings is 2. The van der Waals surface area contributed by atoms with Crippen LogP contribution in [-0.4, -0.2) is 26.5 Å². The number of thioether (sulfide) groups is 1. The Bertz CT molecular complexity index is 652. The third-order valence-corrected chi connectivity index (χ3v) is 5.80. The van der Waals surface area contributed by atoms with Gasteiger partial charge in [-0.3, -0.25) is 0 Å². The van der Waals surface area contributed by atoms with Crippen molar-refractivity contribution in [2.24, 2.45) is 0 Å². The summed E-state index contributed by atoms with van der Waals surface area (Å²) in [4.78, 5) is 1.64. The van der Waals surface area contributed by atoms with Gasteiger partial charge in [0.05, 0.1) is 10.6 Å². The van der Waals surface area contributed by atoms with E-state index in [-0.39, 0.29) is 5.75 Å². The molecule has 112 valence electrons. The number of hydrogen-bond donors (Lipinski definition) is 1. The molecule has 0 unspecified atom stereocenters. The fraction of sp³-hybridized carbons (Fsp3) is 0.250. The fourth-order valence-electron chi connectivity index (χ4n) is 1.83. The summed E-state index contributed by atoms with van der Waals surface area (Å²) in [5, 5.41) is 3.30. The summed E-state index contributed by atoms with van der Waals surface area (Å²) in [6, 6.07) is 17.2. The molecule has 0 aliphatic rings. The van der Waals surface area contributed by atoms with Crippen molar-refractivity contribution in [1.82, 2.24) is 0 Å². The van der Waals surface area contributed by atoms with Crippen LogP contribution < -0.4 is 5.32 Å². The summed E-state index contributed by atoms with van der Waals surface area (Å²) in [6.07, 6.45) is 0. The van der Waals surface area contributed by atoms with Crippen LogP contribution in [0.15, 0.2) is 64.4 Å². The molecule has 0 atom stereocenters. The fourth-order valence-corrected chi connectivity index (χ4v) is 3.50. The van der Waals surface area contributed by atoms with Gasteiger partial charge in [-0.25, -0.2) is 8.42 Å². The van der Waals surface area contributed by atoms with Gasteiger partial charge in [0.15, 0.2) is 9.84 Å². The minimum atomic E-state index is -3.11.